The highest BCUT2D eigenvalue weighted by Gasteiger charge is 2.14. The topological polar surface area (TPSA) is 24.9 Å². The minimum absolute atomic E-state index is 0.109. The van der Waals surface area contributed by atoms with E-state index in [2.05, 4.69) is 17.2 Å². The van der Waals surface area contributed by atoms with Crippen LogP contribution in [0.4, 0.5) is 4.39 Å². The Kier molecular flexibility index (Phi) is 4.09. The monoisotopic (exact) mass is 264 g/mol. The number of benzene rings is 1. The van der Waals surface area contributed by atoms with E-state index in [1.54, 1.807) is 23.5 Å². The molecule has 0 saturated heterocycles. The quantitative estimate of drug-likeness (QED) is 0.902. The van der Waals surface area contributed by atoms with E-state index in [0.717, 1.165) is 11.3 Å². The maximum absolute atomic E-state index is 13.2. The molecule has 2 rings (SSSR count). The van der Waals surface area contributed by atoms with Gasteiger partial charge in [-0.05, 0) is 38.5 Å². The van der Waals surface area contributed by atoms with E-state index in [1.165, 1.54) is 10.9 Å². The van der Waals surface area contributed by atoms with Gasteiger partial charge in [0.15, 0.2) is 0 Å². The summed E-state index contributed by atoms with van der Waals surface area (Å²) in [5, 5.41) is 3.47. The molecule has 1 heterocycles. The Labute approximate surface area is 111 Å². The smallest absolute Gasteiger partial charge is 0.123 e. The minimum Gasteiger partial charge on any atom is -0.303 e. The third-order valence-corrected chi connectivity index (χ3v) is 4.14. The molecule has 0 radical (unpaired) electrons. The zero-order valence-corrected chi connectivity index (χ0v) is 11.6. The van der Waals surface area contributed by atoms with Gasteiger partial charge >= 0.3 is 0 Å². The lowest BCUT2D eigenvalue weighted by Gasteiger charge is -2.20. The second-order valence-corrected chi connectivity index (χ2v) is 5.35. The Morgan fingerprint density at radius 3 is 2.67 bits per heavy atom. The molecule has 0 bridgehead atoms. The lowest BCUT2D eigenvalue weighted by molar-refractivity contribution is 0.495. The Balaban J connectivity index is 2.08. The zero-order chi connectivity index (χ0) is 13.1. The SMILES string of the molecule is Cc1ncsc1C(C)NC(C)c1cccc(F)c1. The van der Waals surface area contributed by atoms with Gasteiger partial charge in [-0.15, -0.1) is 11.3 Å². The second-order valence-electron chi connectivity index (χ2n) is 4.47. The molecule has 96 valence electrons. The highest BCUT2D eigenvalue weighted by atomic mass is 32.1. The number of hydrogen-bond donors (Lipinski definition) is 1. The van der Waals surface area contributed by atoms with E-state index in [-0.39, 0.29) is 17.9 Å². The van der Waals surface area contributed by atoms with Crippen LogP contribution >= 0.6 is 11.3 Å². The zero-order valence-electron chi connectivity index (χ0n) is 10.8. The first-order valence-electron chi connectivity index (χ1n) is 5.99. The molecule has 4 heteroatoms. The van der Waals surface area contributed by atoms with Crippen molar-refractivity contribution in [2.75, 3.05) is 0 Å². The van der Waals surface area contributed by atoms with Crippen LogP contribution in [0.1, 0.15) is 42.1 Å². The Bertz CT molecular complexity index is 524. The average molecular weight is 264 g/mol. The van der Waals surface area contributed by atoms with E-state index in [1.807, 2.05) is 25.4 Å². The summed E-state index contributed by atoms with van der Waals surface area (Å²) in [6.07, 6.45) is 0. The van der Waals surface area contributed by atoms with Gasteiger partial charge in [0.2, 0.25) is 0 Å². The van der Waals surface area contributed by atoms with Crippen LogP contribution in [0.3, 0.4) is 0 Å². The maximum atomic E-state index is 13.2. The van der Waals surface area contributed by atoms with Crippen molar-refractivity contribution in [1.29, 1.82) is 0 Å². The third kappa shape index (κ3) is 2.94. The number of hydrogen-bond acceptors (Lipinski definition) is 3. The molecule has 0 aliphatic heterocycles. The summed E-state index contributed by atoms with van der Waals surface area (Å²) in [6, 6.07) is 7.04. The molecule has 18 heavy (non-hydrogen) atoms. The van der Waals surface area contributed by atoms with Crippen molar-refractivity contribution < 1.29 is 4.39 Å². The van der Waals surface area contributed by atoms with Crippen molar-refractivity contribution in [2.24, 2.45) is 0 Å². The summed E-state index contributed by atoms with van der Waals surface area (Å²) >= 11 is 1.65. The number of halogens is 1. The van der Waals surface area contributed by atoms with Crippen molar-refractivity contribution in [2.45, 2.75) is 32.9 Å². The Morgan fingerprint density at radius 1 is 1.28 bits per heavy atom. The Hall–Kier alpha value is -1.26. The van der Waals surface area contributed by atoms with Gasteiger partial charge in [-0.3, -0.25) is 0 Å². The summed E-state index contributed by atoms with van der Waals surface area (Å²) in [5.41, 5.74) is 3.88. The number of thiazole rings is 1. The van der Waals surface area contributed by atoms with E-state index in [4.69, 9.17) is 0 Å². The maximum Gasteiger partial charge on any atom is 0.123 e. The predicted molar refractivity (Wildman–Crippen MR) is 73.2 cm³/mol. The van der Waals surface area contributed by atoms with Gasteiger partial charge < -0.3 is 5.32 Å². The molecule has 1 aromatic carbocycles. The van der Waals surface area contributed by atoms with Crippen LogP contribution in [0.2, 0.25) is 0 Å². The van der Waals surface area contributed by atoms with Crippen LogP contribution in [-0.2, 0) is 0 Å². The van der Waals surface area contributed by atoms with E-state index in [0.29, 0.717) is 0 Å². The molecule has 1 aromatic heterocycles. The van der Waals surface area contributed by atoms with Gasteiger partial charge in [0.25, 0.3) is 0 Å². The van der Waals surface area contributed by atoms with Crippen LogP contribution in [0.5, 0.6) is 0 Å². The first kappa shape index (κ1) is 13.2. The van der Waals surface area contributed by atoms with Crippen LogP contribution in [0.25, 0.3) is 0 Å². The number of nitrogens with one attached hydrogen (secondary N) is 1. The molecule has 0 spiro atoms. The third-order valence-electron chi connectivity index (χ3n) is 3.02. The summed E-state index contributed by atoms with van der Waals surface area (Å²) in [7, 11) is 0. The molecule has 2 nitrogen and oxygen atoms in total. The number of rotatable bonds is 4. The number of aryl methyl sites for hydroxylation is 1. The first-order valence-corrected chi connectivity index (χ1v) is 6.87. The summed E-state index contributed by atoms with van der Waals surface area (Å²) in [6.45, 7) is 6.16. The van der Waals surface area contributed by atoms with Gasteiger partial charge in [-0.25, -0.2) is 9.37 Å². The van der Waals surface area contributed by atoms with E-state index < -0.39 is 0 Å². The fourth-order valence-corrected chi connectivity index (χ4v) is 2.87. The Morgan fingerprint density at radius 2 is 2.06 bits per heavy atom. The van der Waals surface area contributed by atoms with Crippen molar-refractivity contribution in [3.05, 3.63) is 51.7 Å². The number of nitrogens with zero attached hydrogens (tertiary/aromatic N) is 1. The standard InChI is InChI=1S/C14H17FN2S/c1-9(12-5-4-6-13(15)7-12)17-11(3)14-10(2)16-8-18-14/h4-9,11,17H,1-3H3. The fraction of sp³-hybridized carbons (Fsp3) is 0.357. The molecule has 1 N–H and O–H groups in total. The predicted octanol–water partition coefficient (Wildman–Crippen LogP) is 4.00. The molecule has 2 aromatic rings. The molecule has 0 aliphatic rings. The fourth-order valence-electron chi connectivity index (χ4n) is 2.05. The van der Waals surface area contributed by atoms with Crippen LogP contribution in [0, 0.1) is 12.7 Å². The first-order chi connectivity index (χ1) is 8.58. The van der Waals surface area contributed by atoms with Crippen LogP contribution < -0.4 is 5.32 Å². The van der Waals surface area contributed by atoms with Gasteiger partial charge in [0.05, 0.1) is 11.2 Å². The molecule has 2 unspecified atom stereocenters. The van der Waals surface area contributed by atoms with Crippen molar-refractivity contribution in [1.82, 2.24) is 10.3 Å². The number of aromatic nitrogens is 1. The highest BCUT2D eigenvalue weighted by molar-refractivity contribution is 7.09. The second kappa shape index (κ2) is 5.59. The van der Waals surface area contributed by atoms with E-state index >= 15 is 0 Å². The normalized spacial score (nSPS) is 14.4. The molecule has 2 atom stereocenters. The lowest BCUT2D eigenvalue weighted by atomic mass is 10.1. The van der Waals surface area contributed by atoms with Crippen molar-refractivity contribution in [3.8, 4) is 0 Å². The highest BCUT2D eigenvalue weighted by Crippen LogP contribution is 2.24. The van der Waals surface area contributed by atoms with Crippen molar-refractivity contribution >= 4 is 11.3 Å². The van der Waals surface area contributed by atoms with Gasteiger partial charge in [-0.2, -0.15) is 0 Å². The van der Waals surface area contributed by atoms with Gasteiger partial charge in [-0.1, -0.05) is 12.1 Å². The molecule has 0 saturated carbocycles. The van der Waals surface area contributed by atoms with Crippen molar-refractivity contribution in [3.63, 3.8) is 0 Å². The lowest BCUT2D eigenvalue weighted by Crippen LogP contribution is -2.22. The average Bonchev–Trinajstić information content (AvgIpc) is 2.75. The largest absolute Gasteiger partial charge is 0.303 e. The molecule has 0 aliphatic carbocycles. The molecule has 0 fully saturated rings. The van der Waals surface area contributed by atoms with E-state index in [9.17, 15) is 4.39 Å². The minimum atomic E-state index is -0.192. The summed E-state index contributed by atoms with van der Waals surface area (Å²) in [4.78, 5) is 5.48. The molecule has 0 amide bonds. The van der Waals surface area contributed by atoms with Crippen LogP contribution in [0.15, 0.2) is 29.8 Å². The van der Waals surface area contributed by atoms with Crippen LogP contribution in [-0.4, -0.2) is 4.98 Å². The summed E-state index contributed by atoms with van der Waals surface area (Å²) < 4.78 is 13.2. The molecular weight excluding hydrogens is 247 g/mol. The molecular formula is C14H17FN2S. The van der Waals surface area contributed by atoms with Gasteiger partial charge in [0, 0.05) is 17.0 Å². The summed E-state index contributed by atoms with van der Waals surface area (Å²) in [5.74, 6) is -0.192. The van der Waals surface area contributed by atoms with Gasteiger partial charge in [0.1, 0.15) is 5.82 Å².